The molecular formula is C33H33N7. The standard InChI is InChI=1S/C33H33N7/c1-21(30-34-22(2)19-23(3)35-30)18-28(33-36-24(4)20-25(5)37-33)16-17-29-38-31(26-12-8-6-9-13-26)40-32(39-29)27-14-10-7-11-15-27/h6,8-10,12-16,18-20H,7,11,17H2,1-5H3/b21-18+,28-16+. The van der Waals surface area contributed by atoms with Crippen molar-refractivity contribution in [1.82, 2.24) is 34.9 Å². The molecule has 1 aliphatic rings. The van der Waals surface area contributed by atoms with E-state index in [9.17, 15) is 0 Å². The molecule has 7 heteroatoms. The molecule has 4 aromatic rings. The van der Waals surface area contributed by atoms with Crippen LogP contribution in [0.4, 0.5) is 0 Å². The van der Waals surface area contributed by atoms with Crippen molar-refractivity contribution in [2.45, 2.75) is 53.9 Å². The van der Waals surface area contributed by atoms with Crippen LogP contribution in [0.1, 0.15) is 65.8 Å². The topological polar surface area (TPSA) is 90.2 Å². The Morgan fingerprint density at radius 2 is 1.35 bits per heavy atom. The molecule has 3 heterocycles. The van der Waals surface area contributed by atoms with Crippen LogP contribution < -0.4 is 0 Å². The van der Waals surface area contributed by atoms with Crippen LogP contribution in [-0.2, 0) is 6.42 Å². The lowest BCUT2D eigenvalue weighted by molar-refractivity contribution is 0.918. The van der Waals surface area contributed by atoms with Gasteiger partial charge in [-0.05, 0) is 71.2 Å². The summed E-state index contributed by atoms with van der Waals surface area (Å²) in [5, 5.41) is 0. The third-order valence-electron chi connectivity index (χ3n) is 6.42. The molecule has 0 radical (unpaired) electrons. The van der Waals surface area contributed by atoms with Gasteiger partial charge in [0.2, 0.25) is 0 Å². The lowest BCUT2D eigenvalue weighted by atomic mass is 10.1. The largest absolute Gasteiger partial charge is 0.234 e. The lowest BCUT2D eigenvalue weighted by Gasteiger charge is -2.10. The number of hydrogen-bond acceptors (Lipinski definition) is 7. The van der Waals surface area contributed by atoms with Gasteiger partial charge in [-0.3, -0.25) is 0 Å². The van der Waals surface area contributed by atoms with Crippen LogP contribution in [0.2, 0.25) is 0 Å². The fourth-order valence-electron chi connectivity index (χ4n) is 4.61. The van der Waals surface area contributed by atoms with Gasteiger partial charge in [-0.2, -0.15) is 0 Å². The predicted octanol–water partition coefficient (Wildman–Crippen LogP) is 6.82. The van der Waals surface area contributed by atoms with Crippen molar-refractivity contribution in [2.75, 3.05) is 0 Å². The average molecular weight is 528 g/mol. The molecule has 0 amide bonds. The quantitative estimate of drug-likeness (QED) is 0.244. The van der Waals surface area contributed by atoms with Crippen LogP contribution >= 0.6 is 0 Å². The van der Waals surface area contributed by atoms with Gasteiger partial charge in [0.15, 0.2) is 23.3 Å². The summed E-state index contributed by atoms with van der Waals surface area (Å²) >= 11 is 0. The molecule has 200 valence electrons. The van der Waals surface area contributed by atoms with Crippen LogP contribution in [0.25, 0.3) is 28.1 Å². The van der Waals surface area contributed by atoms with Gasteiger partial charge >= 0.3 is 0 Å². The first kappa shape index (κ1) is 26.9. The van der Waals surface area contributed by atoms with E-state index in [4.69, 9.17) is 24.9 Å². The Balaban J connectivity index is 1.59. The summed E-state index contributed by atoms with van der Waals surface area (Å²) in [6, 6.07) is 14.0. The number of rotatable bonds is 7. The molecule has 0 fully saturated rings. The monoisotopic (exact) mass is 527 g/mol. The van der Waals surface area contributed by atoms with Crippen molar-refractivity contribution < 1.29 is 0 Å². The van der Waals surface area contributed by atoms with Gasteiger partial charge < -0.3 is 0 Å². The zero-order valence-corrected chi connectivity index (χ0v) is 23.7. The first-order chi connectivity index (χ1) is 19.3. The van der Waals surface area contributed by atoms with Gasteiger partial charge in [-0.25, -0.2) is 34.9 Å². The minimum Gasteiger partial charge on any atom is -0.234 e. The summed E-state index contributed by atoms with van der Waals surface area (Å²) in [7, 11) is 0. The van der Waals surface area contributed by atoms with Crippen molar-refractivity contribution in [3.63, 3.8) is 0 Å². The van der Waals surface area contributed by atoms with Crippen LogP contribution in [-0.4, -0.2) is 34.9 Å². The van der Waals surface area contributed by atoms with Gasteiger partial charge in [0.1, 0.15) is 5.82 Å². The highest BCUT2D eigenvalue weighted by Gasteiger charge is 2.13. The van der Waals surface area contributed by atoms with E-state index in [0.717, 1.165) is 57.9 Å². The Morgan fingerprint density at radius 3 is 1.98 bits per heavy atom. The number of allylic oxidation sites excluding steroid dienone is 8. The summed E-state index contributed by atoms with van der Waals surface area (Å²) in [5.74, 6) is 3.37. The van der Waals surface area contributed by atoms with Crippen LogP contribution in [0, 0.1) is 27.7 Å². The summed E-state index contributed by atoms with van der Waals surface area (Å²) in [6.45, 7) is 9.94. The second-order valence-electron chi connectivity index (χ2n) is 10.0. The normalized spacial score (nSPS) is 13.9. The van der Waals surface area contributed by atoms with E-state index < -0.39 is 0 Å². The van der Waals surface area contributed by atoms with Gasteiger partial charge in [0.25, 0.3) is 0 Å². The fraction of sp³-hybridized carbons (Fsp3) is 0.242. The van der Waals surface area contributed by atoms with Crippen molar-refractivity contribution in [2.24, 2.45) is 0 Å². The smallest absolute Gasteiger partial charge is 0.163 e. The molecular weight excluding hydrogens is 494 g/mol. The highest BCUT2D eigenvalue weighted by atomic mass is 15.0. The molecule has 0 N–H and O–H groups in total. The van der Waals surface area contributed by atoms with Crippen molar-refractivity contribution >= 4 is 16.7 Å². The van der Waals surface area contributed by atoms with E-state index >= 15 is 0 Å². The van der Waals surface area contributed by atoms with E-state index in [2.05, 4.69) is 40.3 Å². The maximum Gasteiger partial charge on any atom is 0.163 e. The average Bonchev–Trinajstić information content (AvgIpc) is 2.95. The predicted molar refractivity (Wildman–Crippen MR) is 160 cm³/mol. The Bertz CT molecular complexity index is 1620. The third kappa shape index (κ3) is 6.67. The Hall–Kier alpha value is -4.65. The maximum atomic E-state index is 4.87. The SMILES string of the molecule is C/C(=C\C(=C/Cc1nc(C2=CCCC=C2)nc(-c2ccccc2)n1)c1nc(C)cc(C)n1)c1nc(C)cc(C)n1. The summed E-state index contributed by atoms with van der Waals surface area (Å²) < 4.78 is 0. The molecule has 40 heavy (non-hydrogen) atoms. The number of hydrogen-bond donors (Lipinski definition) is 0. The Kier molecular flexibility index (Phi) is 8.10. The number of nitrogens with zero attached hydrogens (tertiary/aromatic N) is 7. The Labute approximate surface area is 235 Å². The maximum absolute atomic E-state index is 4.87. The molecule has 3 aromatic heterocycles. The zero-order chi connectivity index (χ0) is 28.1. The minimum absolute atomic E-state index is 0.482. The molecule has 5 rings (SSSR count). The molecule has 0 saturated heterocycles. The lowest BCUT2D eigenvalue weighted by Crippen LogP contribution is -2.06. The molecule has 0 aliphatic heterocycles. The number of benzene rings is 1. The third-order valence-corrected chi connectivity index (χ3v) is 6.42. The molecule has 0 saturated carbocycles. The first-order valence-corrected chi connectivity index (χ1v) is 13.6. The second-order valence-corrected chi connectivity index (χ2v) is 10.0. The molecule has 0 spiro atoms. The van der Waals surface area contributed by atoms with Crippen LogP contribution in [0.3, 0.4) is 0 Å². The van der Waals surface area contributed by atoms with E-state index in [1.807, 2.05) is 77.1 Å². The van der Waals surface area contributed by atoms with Crippen LogP contribution in [0.5, 0.6) is 0 Å². The Morgan fingerprint density at radius 1 is 0.725 bits per heavy atom. The minimum atomic E-state index is 0.482. The highest BCUT2D eigenvalue weighted by Crippen LogP contribution is 2.24. The van der Waals surface area contributed by atoms with Gasteiger partial charge in [0.05, 0.1) is 0 Å². The van der Waals surface area contributed by atoms with E-state index in [1.165, 1.54) is 0 Å². The van der Waals surface area contributed by atoms with Gasteiger partial charge in [-0.1, -0.05) is 54.6 Å². The van der Waals surface area contributed by atoms with Crippen molar-refractivity contribution in [1.29, 1.82) is 0 Å². The zero-order valence-electron chi connectivity index (χ0n) is 23.7. The van der Waals surface area contributed by atoms with E-state index in [-0.39, 0.29) is 0 Å². The van der Waals surface area contributed by atoms with E-state index in [1.54, 1.807) is 0 Å². The second kappa shape index (κ2) is 12.0. The highest BCUT2D eigenvalue weighted by molar-refractivity contribution is 5.79. The molecule has 1 aliphatic carbocycles. The molecule has 1 aromatic carbocycles. The van der Waals surface area contributed by atoms with Crippen molar-refractivity contribution in [3.8, 4) is 11.4 Å². The molecule has 0 bridgehead atoms. The summed E-state index contributed by atoms with van der Waals surface area (Å²) in [4.78, 5) is 33.3. The van der Waals surface area contributed by atoms with Crippen LogP contribution in [0.15, 0.2) is 72.8 Å². The van der Waals surface area contributed by atoms with Crippen molar-refractivity contribution in [3.05, 3.63) is 119 Å². The summed E-state index contributed by atoms with van der Waals surface area (Å²) in [5.41, 5.74) is 7.46. The van der Waals surface area contributed by atoms with Gasteiger partial charge in [-0.15, -0.1) is 0 Å². The number of aromatic nitrogens is 7. The molecule has 7 nitrogen and oxygen atoms in total. The van der Waals surface area contributed by atoms with E-state index in [0.29, 0.717) is 35.5 Å². The fourth-order valence-corrected chi connectivity index (χ4v) is 4.61. The first-order valence-electron chi connectivity index (χ1n) is 13.6. The summed E-state index contributed by atoms with van der Waals surface area (Å²) in [6.07, 6.45) is 13.1. The molecule has 0 unspecified atom stereocenters. The van der Waals surface area contributed by atoms with Gasteiger partial charge in [0, 0.05) is 45.9 Å². The number of aryl methyl sites for hydroxylation is 4. The molecule has 0 atom stereocenters.